The number of amides is 1. The van der Waals surface area contributed by atoms with Gasteiger partial charge in [0.15, 0.2) is 18.1 Å². The molecule has 118 valence electrons. The van der Waals surface area contributed by atoms with E-state index in [9.17, 15) is 4.79 Å². The lowest BCUT2D eigenvalue weighted by Crippen LogP contribution is -2.35. The molecule has 0 aromatic heterocycles. The summed E-state index contributed by atoms with van der Waals surface area (Å²) in [4.78, 5) is 11.6. The van der Waals surface area contributed by atoms with Crippen LogP contribution in [0.15, 0.2) is 18.2 Å². The average Bonchev–Trinajstić information content (AvgIpc) is 2.49. The van der Waals surface area contributed by atoms with Gasteiger partial charge in [0.25, 0.3) is 5.91 Å². The normalized spacial score (nSPS) is 10.2. The standard InChI is InChI=1S/C15H24N2O4/c1-12-4-5-13(14(10-12)20-3)21-11-15(18)17-7-6-16-8-9-19-2/h4-5,10,16H,6-9,11H2,1-3H3,(H,17,18). The van der Waals surface area contributed by atoms with Gasteiger partial charge in [-0.25, -0.2) is 0 Å². The van der Waals surface area contributed by atoms with E-state index in [0.29, 0.717) is 31.2 Å². The molecule has 0 aliphatic heterocycles. The molecular weight excluding hydrogens is 272 g/mol. The van der Waals surface area contributed by atoms with Crippen LogP contribution in [0.1, 0.15) is 5.56 Å². The van der Waals surface area contributed by atoms with Gasteiger partial charge in [0, 0.05) is 26.7 Å². The van der Waals surface area contributed by atoms with Crippen LogP contribution in [0.25, 0.3) is 0 Å². The van der Waals surface area contributed by atoms with Gasteiger partial charge in [0.05, 0.1) is 13.7 Å². The van der Waals surface area contributed by atoms with E-state index in [2.05, 4.69) is 10.6 Å². The van der Waals surface area contributed by atoms with Gasteiger partial charge < -0.3 is 24.8 Å². The minimum atomic E-state index is -0.161. The van der Waals surface area contributed by atoms with Crippen LogP contribution in [-0.4, -0.2) is 53.0 Å². The topological polar surface area (TPSA) is 68.8 Å². The Bertz CT molecular complexity index is 438. The van der Waals surface area contributed by atoms with Crippen molar-refractivity contribution in [1.82, 2.24) is 10.6 Å². The second-order valence-electron chi connectivity index (χ2n) is 4.54. The fraction of sp³-hybridized carbons (Fsp3) is 0.533. The van der Waals surface area contributed by atoms with Gasteiger partial charge in [0.1, 0.15) is 0 Å². The second kappa shape index (κ2) is 10.0. The van der Waals surface area contributed by atoms with Crippen molar-refractivity contribution in [1.29, 1.82) is 0 Å². The van der Waals surface area contributed by atoms with Crippen molar-refractivity contribution >= 4 is 5.91 Å². The average molecular weight is 296 g/mol. The van der Waals surface area contributed by atoms with E-state index in [0.717, 1.165) is 12.1 Å². The lowest BCUT2D eigenvalue weighted by atomic mass is 10.2. The number of carbonyl (C=O) groups is 1. The van der Waals surface area contributed by atoms with Crippen LogP contribution in [0.2, 0.25) is 0 Å². The van der Waals surface area contributed by atoms with Crippen LogP contribution >= 0.6 is 0 Å². The Kier molecular flexibility index (Phi) is 8.23. The second-order valence-corrected chi connectivity index (χ2v) is 4.54. The molecule has 0 unspecified atom stereocenters. The van der Waals surface area contributed by atoms with E-state index in [1.54, 1.807) is 20.3 Å². The maximum atomic E-state index is 11.6. The van der Waals surface area contributed by atoms with Crippen molar-refractivity contribution in [2.45, 2.75) is 6.92 Å². The molecule has 0 heterocycles. The van der Waals surface area contributed by atoms with Gasteiger partial charge in [0.2, 0.25) is 0 Å². The maximum Gasteiger partial charge on any atom is 0.257 e. The summed E-state index contributed by atoms with van der Waals surface area (Å²) in [5.41, 5.74) is 1.07. The number of methoxy groups -OCH3 is 2. The number of ether oxygens (including phenoxy) is 3. The number of hydrogen-bond donors (Lipinski definition) is 2. The van der Waals surface area contributed by atoms with Crippen molar-refractivity contribution in [3.8, 4) is 11.5 Å². The van der Waals surface area contributed by atoms with Gasteiger partial charge in [-0.15, -0.1) is 0 Å². The van der Waals surface area contributed by atoms with Crippen LogP contribution in [0, 0.1) is 6.92 Å². The summed E-state index contributed by atoms with van der Waals surface area (Å²) >= 11 is 0. The molecule has 0 saturated carbocycles. The highest BCUT2D eigenvalue weighted by Crippen LogP contribution is 2.27. The SMILES string of the molecule is COCCNCCNC(=O)COc1ccc(C)cc1OC. The molecule has 1 aromatic rings. The number of hydrogen-bond acceptors (Lipinski definition) is 5. The molecule has 0 saturated heterocycles. The molecule has 6 heteroatoms. The van der Waals surface area contributed by atoms with Gasteiger partial charge in [-0.1, -0.05) is 6.07 Å². The molecule has 2 N–H and O–H groups in total. The molecule has 0 aliphatic rings. The molecule has 0 atom stereocenters. The first-order valence-corrected chi connectivity index (χ1v) is 6.91. The lowest BCUT2D eigenvalue weighted by molar-refractivity contribution is -0.123. The van der Waals surface area contributed by atoms with E-state index in [-0.39, 0.29) is 12.5 Å². The summed E-state index contributed by atoms with van der Waals surface area (Å²) in [5, 5.41) is 5.91. The summed E-state index contributed by atoms with van der Waals surface area (Å²) < 4.78 is 15.6. The first kappa shape index (κ1) is 17.3. The van der Waals surface area contributed by atoms with Crippen molar-refractivity contribution < 1.29 is 19.0 Å². The molecule has 0 spiro atoms. The number of carbonyl (C=O) groups excluding carboxylic acids is 1. The largest absolute Gasteiger partial charge is 0.493 e. The zero-order chi connectivity index (χ0) is 15.5. The zero-order valence-corrected chi connectivity index (χ0v) is 12.9. The Morgan fingerprint density at radius 2 is 1.95 bits per heavy atom. The summed E-state index contributed by atoms with van der Waals surface area (Å²) in [6.07, 6.45) is 0. The predicted octanol–water partition coefficient (Wildman–Crippen LogP) is 0.735. The molecule has 0 fully saturated rings. The first-order chi connectivity index (χ1) is 10.2. The summed E-state index contributed by atoms with van der Waals surface area (Å²) in [6.45, 7) is 4.61. The Labute approximate surface area is 125 Å². The van der Waals surface area contributed by atoms with Crippen LogP contribution in [-0.2, 0) is 9.53 Å². The minimum absolute atomic E-state index is 0.0303. The van der Waals surface area contributed by atoms with E-state index < -0.39 is 0 Å². The molecule has 1 aromatic carbocycles. The highest BCUT2D eigenvalue weighted by Gasteiger charge is 2.07. The monoisotopic (exact) mass is 296 g/mol. The van der Waals surface area contributed by atoms with Crippen LogP contribution in [0.3, 0.4) is 0 Å². The maximum absolute atomic E-state index is 11.6. The van der Waals surface area contributed by atoms with Crippen LogP contribution in [0.5, 0.6) is 11.5 Å². The van der Waals surface area contributed by atoms with Gasteiger partial charge >= 0.3 is 0 Å². The van der Waals surface area contributed by atoms with Gasteiger partial charge in [-0.05, 0) is 24.6 Å². The third kappa shape index (κ3) is 6.97. The molecule has 1 amide bonds. The highest BCUT2D eigenvalue weighted by atomic mass is 16.5. The van der Waals surface area contributed by atoms with Crippen molar-refractivity contribution in [3.63, 3.8) is 0 Å². The molecule has 0 aliphatic carbocycles. The first-order valence-electron chi connectivity index (χ1n) is 6.91. The molecule has 0 bridgehead atoms. The van der Waals surface area contributed by atoms with Crippen molar-refractivity contribution in [2.75, 3.05) is 47.1 Å². The Morgan fingerprint density at radius 1 is 1.14 bits per heavy atom. The fourth-order valence-electron chi connectivity index (χ4n) is 1.68. The number of rotatable bonds is 10. The third-order valence-corrected chi connectivity index (χ3v) is 2.78. The Balaban J connectivity index is 2.24. The van der Waals surface area contributed by atoms with E-state index >= 15 is 0 Å². The van der Waals surface area contributed by atoms with E-state index in [4.69, 9.17) is 14.2 Å². The molecule has 0 radical (unpaired) electrons. The highest BCUT2D eigenvalue weighted by molar-refractivity contribution is 5.77. The van der Waals surface area contributed by atoms with E-state index in [1.807, 2.05) is 19.1 Å². The molecular formula is C15H24N2O4. The number of aryl methyl sites for hydroxylation is 1. The van der Waals surface area contributed by atoms with E-state index in [1.165, 1.54) is 0 Å². The number of benzene rings is 1. The van der Waals surface area contributed by atoms with Gasteiger partial charge in [-0.3, -0.25) is 4.79 Å². The van der Waals surface area contributed by atoms with Crippen LogP contribution in [0.4, 0.5) is 0 Å². The predicted molar refractivity (Wildman–Crippen MR) is 81.0 cm³/mol. The molecule has 21 heavy (non-hydrogen) atoms. The number of nitrogens with one attached hydrogen (secondary N) is 2. The molecule has 6 nitrogen and oxygen atoms in total. The van der Waals surface area contributed by atoms with Crippen molar-refractivity contribution in [3.05, 3.63) is 23.8 Å². The molecule has 1 rings (SSSR count). The minimum Gasteiger partial charge on any atom is -0.493 e. The fourth-order valence-corrected chi connectivity index (χ4v) is 1.68. The summed E-state index contributed by atoms with van der Waals surface area (Å²) in [5.74, 6) is 1.03. The quantitative estimate of drug-likeness (QED) is 0.623. The Hall–Kier alpha value is -1.79. The van der Waals surface area contributed by atoms with Crippen LogP contribution < -0.4 is 20.1 Å². The summed E-state index contributed by atoms with van der Waals surface area (Å²) in [7, 11) is 3.23. The third-order valence-electron chi connectivity index (χ3n) is 2.78. The lowest BCUT2D eigenvalue weighted by Gasteiger charge is -2.11. The zero-order valence-electron chi connectivity index (χ0n) is 12.9. The van der Waals surface area contributed by atoms with Crippen molar-refractivity contribution in [2.24, 2.45) is 0 Å². The smallest absolute Gasteiger partial charge is 0.257 e. The summed E-state index contributed by atoms with van der Waals surface area (Å²) in [6, 6.07) is 5.58. The Morgan fingerprint density at radius 3 is 2.67 bits per heavy atom. The van der Waals surface area contributed by atoms with Gasteiger partial charge in [-0.2, -0.15) is 0 Å².